The van der Waals surface area contributed by atoms with Gasteiger partial charge in [-0.25, -0.2) is 0 Å². The first-order chi connectivity index (χ1) is 7.36. The Morgan fingerprint density at radius 3 is 2.93 bits per heavy atom. The molecule has 3 nitrogen and oxygen atoms in total. The Kier molecular flexibility index (Phi) is 6.12. The molecule has 1 heterocycles. The largest absolute Gasteiger partial charge is 0.468 e. The van der Waals surface area contributed by atoms with Gasteiger partial charge in [0.2, 0.25) is 0 Å². The Morgan fingerprint density at radius 1 is 1.47 bits per heavy atom. The number of nitrogens with one attached hydrogen (secondary N) is 1. The number of aliphatic hydroxyl groups excluding tert-OH is 1. The second-order valence-corrected chi connectivity index (χ2v) is 3.88. The Balaban J connectivity index is 2.15. The van der Waals surface area contributed by atoms with E-state index in [0.717, 1.165) is 25.3 Å². The molecule has 0 saturated heterocycles. The third-order valence-electron chi connectivity index (χ3n) is 2.55. The van der Waals surface area contributed by atoms with Gasteiger partial charge in [0.25, 0.3) is 0 Å². The van der Waals surface area contributed by atoms with E-state index in [9.17, 15) is 0 Å². The molecule has 0 bridgehead atoms. The lowest BCUT2D eigenvalue weighted by molar-refractivity contribution is 0.247. The van der Waals surface area contributed by atoms with Crippen molar-refractivity contribution in [1.82, 2.24) is 5.32 Å². The van der Waals surface area contributed by atoms with Crippen LogP contribution in [0.5, 0.6) is 0 Å². The van der Waals surface area contributed by atoms with Gasteiger partial charge in [-0.05, 0) is 37.4 Å². The lowest BCUT2D eigenvalue weighted by Crippen LogP contribution is -2.23. The van der Waals surface area contributed by atoms with E-state index in [1.165, 1.54) is 12.8 Å². The van der Waals surface area contributed by atoms with E-state index in [-0.39, 0.29) is 6.61 Å². The summed E-state index contributed by atoms with van der Waals surface area (Å²) in [5.41, 5.74) is 0. The second kappa shape index (κ2) is 7.49. The van der Waals surface area contributed by atoms with E-state index in [0.29, 0.717) is 5.92 Å². The fourth-order valence-corrected chi connectivity index (χ4v) is 1.75. The molecule has 0 amide bonds. The molecule has 0 aliphatic carbocycles. The quantitative estimate of drug-likeness (QED) is 0.692. The predicted octanol–water partition coefficient (Wildman–Crippen LogP) is 2.17. The third kappa shape index (κ3) is 5.00. The van der Waals surface area contributed by atoms with Gasteiger partial charge in [0.1, 0.15) is 5.76 Å². The highest BCUT2D eigenvalue weighted by Gasteiger charge is 2.06. The summed E-state index contributed by atoms with van der Waals surface area (Å²) in [4.78, 5) is 0. The normalized spacial score (nSPS) is 12.9. The van der Waals surface area contributed by atoms with E-state index in [1.807, 2.05) is 12.1 Å². The number of hydrogen-bond acceptors (Lipinski definition) is 3. The number of aliphatic hydroxyl groups is 1. The molecule has 1 aromatic rings. The van der Waals surface area contributed by atoms with Gasteiger partial charge in [0.05, 0.1) is 12.8 Å². The van der Waals surface area contributed by atoms with Crippen LogP contribution in [0, 0.1) is 5.92 Å². The summed E-state index contributed by atoms with van der Waals surface area (Å²) < 4.78 is 5.22. The Bertz CT molecular complexity index is 228. The maximum Gasteiger partial charge on any atom is 0.117 e. The minimum Gasteiger partial charge on any atom is -0.468 e. The van der Waals surface area contributed by atoms with Gasteiger partial charge in [0.15, 0.2) is 0 Å². The summed E-state index contributed by atoms with van der Waals surface area (Å²) in [6.07, 6.45) is 4.92. The summed E-state index contributed by atoms with van der Waals surface area (Å²) in [6, 6.07) is 3.86. The summed E-state index contributed by atoms with van der Waals surface area (Å²) in [5, 5.41) is 12.3. The molecule has 1 aromatic heterocycles. The maximum absolute atomic E-state index is 8.90. The topological polar surface area (TPSA) is 45.4 Å². The van der Waals surface area contributed by atoms with Crippen molar-refractivity contribution >= 4 is 0 Å². The molecular weight excluding hydrogens is 190 g/mol. The SMILES string of the molecule is CCCC(CCO)CNCc1ccco1. The van der Waals surface area contributed by atoms with Gasteiger partial charge in [-0.1, -0.05) is 13.3 Å². The maximum atomic E-state index is 8.90. The van der Waals surface area contributed by atoms with Crippen molar-refractivity contribution in [1.29, 1.82) is 0 Å². The number of furan rings is 1. The van der Waals surface area contributed by atoms with E-state index < -0.39 is 0 Å². The van der Waals surface area contributed by atoms with Crippen molar-refractivity contribution in [2.75, 3.05) is 13.2 Å². The number of rotatable bonds is 8. The summed E-state index contributed by atoms with van der Waals surface area (Å²) in [5.74, 6) is 1.55. The standard InChI is InChI=1S/C12H21NO2/c1-2-4-11(6-7-14)9-13-10-12-5-3-8-15-12/h3,5,8,11,13-14H,2,4,6-7,9-10H2,1H3. The van der Waals surface area contributed by atoms with E-state index in [1.54, 1.807) is 6.26 Å². The molecule has 0 aliphatic heterocycles. The van der Waals surface area contributed by atoms with Gasteiger partial charge in [-0.15, -0.1) is 0 Å². The zero-order valence-corrected chi connectivity index (χ0v) is 9.41. The molecule has 1 unspecified atom stereocenters. The van der Waals surface area contributed by atoms with Crippen LogP contribution >= 0.6 is 0 Å². The average Bonchev–Trinajstić information content (AvgIpc) is 2.71. The van der Waals surface area contributed by atoms with E-state index >= 15 is 0 Å². The first-order valence-electron chi connectivity index (χ1n) is 5.70. The lowest BCUT2D eigenvalue weighted by Gasteiger charge is -2.14. The highest BCUT2D eigenvalue weighted by atomic mass is 16.3. The summed E-state index contributed by atoms with van der Waals surface area (Å²) in [7, 11) is 0. The van der Waals surface area contributed by atoms with E-state index in [2.05, 4.69) is 12.2 Å². The van der Waals surface area contributed by atoms with Gasteiger partial charge in [-0.2, -0.15) is 0 Å². The predicted molar refractivity (Wildman–Crippen MR) is 60.5 cm³/mol. The Labute approximate surface area is 91.5 Å². The molecule has 2 N–H and O–H groups in total. The van der Waals surface area contributed by atoms with Crippen LogP contribution in [0.15, 0.2) is 22.8 Å². The Morgan fingerprint density at radius 2 is 2.33 bits per heavy atom. The summed E-state index contributed by atoms with van der Waals surface area (Å²) in [6.45, 7) is 4.19. The summed E-state index contributed by atoms with van der Waals surface area (Å²) >= 11 is 0. The van der Waals surface area contributed by atoms with Crippen LogP contribution in [0.1, 0.15) is 31.9 Å². The molecule has 0 aliphatic rings. The Hall–Kier alpha value is -0.800. The zero-order valence-electron chi connectivity index (χ0n) is 9.41. The van der Waals surface area contributed by atoms with Crippen LogP contribution in [-0.4, -0.2) is 18.3 Å². The highest BCUT2D eigenvalue weighted by molar-refractivity contribution is 4.97. The van der Waals surface area contributed by atoms with Crippen molar-refractivity contribution in [3.8, 4) is 0 Å². The van der Waals surface area contributed by atoms with Gasteiger partial charge >= 0.3 is 0 Å². The van der Waals surface area contributed by atoms with Crippen molar-refractivity contribution in [2.24, 2.45) is 5.92 Å². The van der Waals surface area contributed by atoms with Crippen molar-refractivity contribution in [2.45, 2.75) is 32.7 Å². The van der Waals surface area contributed by atoms with Crippen LogP contribution < -0.4 is 5.32 Å². The fourth-order valence-electron chi connectivity index (χ4n) is 1.75. The molecular formula is C12H21NO2. The van der Waals surface area contributed by atoms with Crippen LogP contribution in [-0.2, 0) is 6.54 Å². The molecule has 1 rings (SSSR count). The number of hydrogen-bond donors (Lipinski definition) is 2. The second-order valence-electron chi connectivity index (χ2n) is 3.88. The van der Waals surface area contributed by atoms with Crippen molar-refractivity contribution in [3.63, 3.8) is 0 Å². The first kappa shape index (κ1) is 12.3. The molecule has 3 heteroatoms. The molecule has 0 spiro atoms. The third-order valence-corrected chi connectivity index (χ3v) is 2.55. The molecule has 1 atom stereocenters. The first-order valence-corrected chi connectivity index (χ1v) is 5.70. The van der Waals surface area contributed by atoms with Crippen molar-refractivity contribution < 1.29 is 9.52 Å². The zero-order chi connectivity index (χ0) is 10.9. The monoisotopic (exact) mass is 211 g/mol. The minimum atomic E-state index is 0.285. The highest BCUT2D eigenvalue weighted by Crippen LogP contribution is 2.09. The van der Waals surface area contributed by atoms with Gasteiger partial charge < -0.3 is 14.8 Å². The fraction of sp³-hybridized carbons (Fsp3) is 0.667. The average molecular weight is 211 g/mol. The van der Waals surface area contributed by atoms with E-state index in [4.69, 9.17) is 9.52 Å². The molecule has 0 aromatic carbocycles. The van der Waals surface area contributed by atoms with Crippen LogP contribution in [0.4, 0.5) is 0 Å². The molecule has 0 radical (unpaired) electrons. The van der Waals surface area contributed by atoms with Gasteiger partial charge in [-0.3, -0.25) is 0 Å². The van der Waals surface area contributed by atoms with Crippen LogP contribution in [0.2, 0.25) is 0 Å². The molecule has 15 heavy (non-hydrogen) atoms. The van der Waals surface area contributed by atoms with Gasteiger partial charge in [0, 0.05) is 6.61 Å². The lowest BCUT2D eigenvalue weighted by atomic mass is 10.0. The minimum absolute atomic E-state index is 0.285. The molecule has 0 saturated carbocycles. The molecule has 86 valence electrons. The molecule has 0 fully saturated rings. The van der Waals surface area contributed by atoms with Crippen LogP contribution in [0.3, 0.4) is 0 Å². The van der Waals surface area contributed by atoms with Crippen molar-refractivity contribution in [3.05, 3.63) is 24.2 Å². The smallest absolute Gasteiger partial charge is 0.117 e. The van der Waals surface area contributed by atoms with Crippen LogP contribution in [0.25, 0.3) is 0 Å².